The van der Waals surface area contributed by atoms with Gasteiger partial charge in [0.1, 0.15) is 25.1 Å². The number of para-hydroxylation sites is 1. The minimum Gasteiger partial charge on any atom is -0.486 e. The average molecular weight is 532 g/mol. The van der Waals surface area contributed by atoms with E-state index in [0.717, 1.165) is 41.1 Å². The van der Waals surface area contributed by atoms with Gasteiger partial charge in [-0.25, -0.2) is 4.98 Å². The summed E-state index contributed by atoms with van der Waals surface area (Å²) in [6, 6.07) is 21.5. The molecule has 0 aliphatic carbocycles. The predicted molar refractivity (Wildman–Crippen MR) is 146 cm³/mol. The third-order valence-electron chi connectivity index (χ3n) is 7.37. The number of nitrogens with zero attached hydrogens (tertiary/aromatic N) is 9. The van der Waals surface area contributed by atoms with E-state index in [2.05, 4.69) is 53.5 Å². The number of nitriles is 1. The number of ether oxygens (including phenoxy) is 2. The maximum atomic E-state index is 9.60. The van der Waals surface area contributed by atoms with Gasteiger partial charge in [0.05, 0.1) is 22.8 Å². The Morgan fingerprint density at radius 2 is 1.70 bits per heavy atom. The van der Waals surface area contributed by atoms with Crippen LogP contribution in [0.1, 0.15) is 23.0 Å². The molecule has 0 bridgehead atoms. The van der Waals surface area contributed by atoms with Crippen molar-refractivity contribution in [1.29, 1.82) is 5.26 Å². The van der Waals surface area contributed by atoms with Crippen molar-refractivity contribution in [3.05, 3.63) is 90.0 Å². The summed E-state index contributed by atoms with van der Waals surface area (Å²) >= 11 is 0. The van der Waals surface area contributed by atoms with Crippen molar-refractivity contribution < 1.29 is 9.47 Å². The van der Waals surface area contributed by atoms with Crippen LogP contribution in [-0.4, -0.2) is 74.5 Å². The average Bonchev–Trinajstić information content (AvgIpc) is 3.51. The van der Waals surface area contributed by atoms with Crippen molar-refractivity contribution in [1.82, 2.24) is 35.1 Å². The molecule has 0 radical (unpaired) electrons. The van der Waals surface area contributed by atoms with E-state index in [1.807, 2.05) is 48.7 Å². The molecule has 1 saturated heterocycles. The summed E-state index contributed by atoms with van der Waals surface area (Å²) < 4.78 is 13.3. The number of piperazine rings is 1. The number of pyridine rings is 2. The lowest BCUT2D eigenvalue weighted by atomic mass is 9.99. The number of anilines is 1. The van der Waals surface area contributed by atoms with Crippen molar-refractivity contribution in [2.45, 2.75) is 6.04 Å². The lowest BCUT2D eigenvalue weighted by molar-refractivity contribution is 0.171. The summed E-state index contributed by atoms with van der Waals surface area (Å²) in [6.07, 6.45) is 3.57. The van der Waals surface area contributed by atoms with Gasteiger partial charge in [0, 0.05) is 50.0 Å². The second-order valence-corrected chi connectivity index (χ2v) is 9.61. The molecular formula is C29H25N9O2. The van der Waals surface area contributed by atoms with Gasteiger partial charge in [-0.05, 0) is 52.4 Å². The Morgan fingerprint density at radius 1 is 0.850 bits per heavy atom. The summed E-state index contributed by atoms with van der Waals surface area (Å²) in [5.41, 5.74) is 3.35. The second kappa shape index (κ2) is 10.2. The molecule has 11 nitrogen and oxygen atoms in total. The minimum atomic E-state index is -0.252. The van der Waals surface area contributed by atoms with Crippen LogP contribution in [0, 0.1) is 11.3 Å². The number of benzene rings is 2. The fourth-order valence-electron chi connectivity index (χ4n) is 5.50. The Balaban J connectivity index is 1.29. The van der Waals surface area contributed by atoms with Gasteiger partial charge in [0.2, 0.25) is 0 Å². The van der Waals surface area contributed by atoms with E-state index in [9.17, 15) is 5.26 Å². The van der Waals surface area contributed by atoms with Crippen molar-refractivity contribution >= 4 is 16.7 Å². The van der Waals surface area contributed by atoms with Crippen molar-refractivity contribution in [3.8, 4) is 23.3 Å². The van der Waals surface area contributed by atoms with Gasteiger partial charge in [-0.1, -0.05) is 18.2 Å². The molecule has 3 aromatic heterocycles. The number of hydrogen-bond donors (Lipinski definition) is 0. The van der Waals surface area contributed by atoms with E-state index in [4.69, 9.17) is 9.47 Å². The molecule has 7 rings (SSSR count). The molecule has 198 valence electrons. The van der Waals surface area contributed by atoms with Gasteiger partial charge >= 0.3 is 0 Å². The minimum absolute atomic E-state index is 0.252. The Hall–Kier alpha value is -5.08. The van der Waals surface area contributed by atoms with E-state index >= 15 is 0 Å². The highest BCUT2D eigenvalue weighted by atomic mass is 16.6. The Bertz CT molecular complexity index is 1720. The van der Waals surface area contributed by atoms with Crippen LogP contribution >= 0.6 is 0 Å². The highest BCUT2D eigenvalue weighted by Gasteiger charge is 2.33. The normalized spacial score (nSPS) is 16.0. The zero-order chi connectivity index (χ0) is 26.9. The molecule has 1 atom stereocenters. The largest absolute Gasteiger partial charge is 0.486 e. The molecule has 5 aromatic rings. The molecule has 40 heavy (non-hydrogen) atoms. The first-order valence-corrected chi connectivity index (χ1v) is 13.2. The summed E-state index contributed by atoms with van der Waals surface area (Å²) in [4.78, 5) is 13.6. The smallest absolute Gasteiger partial charge is 0.178 e. The Kier molecular flexibility index (Phi) is 6.14. The summed E-state index contributed by atoms with van der Waals surface area (Å²) in [7, 11) is 0. The van der Waals surface area contributed by atoms with Crippen LogP contribution < -0.4 is 14.4 Å². The predicted octanol–water partition coefficient (Wildman–Crippen LogP) is 3.16. The number of aromatic nitrogens is 6. The van der Waals surface area contributed by atoms with Gasteiger partial charge in [-0.15, -0.1) is 5.10 Å². The van der Waals surface area contributed by atoms with E-state index in [1.165, 1.54) is 0 Å². The lowest BCUT2D eigenvalue weighted by Crippen LogP contribution is -2.48. The molecule has 0 saturated carbocycles. The van der Waals surface area contributed by atoms with Gasteiger partial charge in [0.25, 0.3) is 0 Å². The summed E-state index contributed by atoms with van der Waals surface area (Å²) in [5.74, 6) is 2.80. The van der Waals surface area contributed by atoms with Crippen LogP contribution in [0.5, 0.6) is 11.5 Å². The molecule has 2 aromatic carbocycles. The molecule has 0 N–H and O–H groups in total. The SMILES string of the molecule is N#Cc1cccnc1N1CCN(C(c2ccnc3ccccc23)c2nnnn2-c2ccc3c(c2)OCCO3)CC1. The van der Waals surface area contributed by atoms with Gasteiger partial charge in [0.15, 0.2) is 17.3 Å². The second-order valence-electron chi connectivity index (χ2n) is 9.61. The van der Waals surface area contributed by atoms with Gasteiger partial charge < -0.3 is 14.4 Å². The van der Waals surface area contributed by atoms with Crippen LogP contribution in [0.25, 0.3) is 16.6 Å². The van der Waals surface area contributed by atoms with E-state index < -0.39 is 0 Å². The number of fused-ring (bicyclic) bond motifs is 2. The maximum Gasteiger partial charge on any atom is 0.178 e. The molecule has 1 unspecified atom stereocenters. The third kappa shape index (κ3) is 4.24. The zero-order valence-electron chi connectivity index (χ0n) is 21.6. The highest BCUT2D eigenvalue weighted by molar-refractivity contribution is 5.82. The van der Waals surface area contributed by atoms with Crippen LogP contribution in [0.2, 0.25) is 0 Å². The molecule has 1 fully saturated rings. The van der Waals surface area contributed by atoms with Crippen LogP contribution in [0.15, 0.2) is 73.1 Å². The Morgan fingerprint density at radius 3 is 2.58 bits per heavy atom. The molecule has 11 heteroatoms. The molecule has 0 amide bonds. The van der Waals surface area contributed by atoms with Crippen molar-refractivity contribution in [2.24, 2.45) is 0 Å². The Labute approximate surface area is 230 Å². The molecule has 0 spiro atoms. The lowest BCUT2D eigenvalue weighted by Gasteiger charge is -2.39. The molecular weight excluding hydrogens is 506 g/mol. The van der Waals surface area contributed by atoms with E-state index in [0.29, 0.717) is 49.2 Å². The first-order valence-electron chi connectivity index (χ1n) is 13.2. The quantitative estimate of drug-likeness (QED) is 0.335. The van der Waals surface area contributed by atoms with Gasteiger partial charge in [-0.2, -0.15) is 9.94 Å². The van der Waals surface area contributed by atoms with E-state index in [1.54, 1.807) is 16.9 Å². The number of hydrogen-bond acceptors (Lipinski definition) is 10. The van der Waals surface area contributed by atoms with Gasteiger partial charge in [-0.3, -0.25) is 9.88 Å². The zero-order valence-corrected chi connectivity index (χ0v) is 21.6. The van der Waals surface area contributed by atoms with Crippen molar-refractivity contribution in [3.63, 3.8) is 0 Å². The topological polar surface area (TPSA) is 118 Å². The fraction of sp³-hybridized carbons (Fsp3) is 0.241. The first kappa shape index (κ1) is 24.0. The third-order valence-corrected chi connectivity index (χ3v) is 7.37. The fourth-order valence-corrected chi connectivity index (χ4v) is 5.50. The van der Waals surface area contributed by atoms with Crippen LogP contribution in [0.4, 0.5) is 5.82 Å². The first-order chi connectivity index (χ1) is 19.8. The maximum absolute atomic E-state index is 9.60. The molecule has 5 heterocycles. The van der Waals surface area contributed by atoms with Crippen LogP contribution in [-0.2, 0) is 0 Å². The molecule has 2 aliphatic rings. The molecule has 2 aliphatic heterocycles. The number of tetrazole rings is 1. The summed E-state index contributed by atoms with van der Waals surface area (Å²) in [6.45, 7) is 3.87. The highest BCUT2D eigenvalue weighted by Crippen LogP contribution is 2.36. The standard InChI is InChI=1S/C29H25N9O2/c30-19-20-4-3-10-32-28(20)37-14-12-36(13-15-37)27(23-9-11-31-24-6-2-1-5-22(23)24)29-33-34-35-38(29)21-7-8-25-26(18-21)40-17-16-39-25/h1-11,18,27H,12-17H2. The number of rotatable bonds is 5. The summed E-state index contributed by atoms with van der Waals surface area (Å²) in [5, 5.41) is 23.7. The van der Waals surface area contributed by atoms with Crippen LogP contribution in [0.3, 0.4) is 0 Å². The van der Waals surface area contributed by atoms with Crippen molar-refractivity contribution in [2.75, 3.05) is 44.3 Å². The monoisotopic (exact) mass is 531 g/mol. The van der Waals surface area contributed by atoms with E-state index in [-0.39, 0.29) is 6.04 Å².